The summed E-state index contributed by atoms with van der Waals surface area (Å²) in [7, 11) is 0. The lowest BCUT2D eigenvalue weighted by Crippen LogP contribution is -2.55. The molecule has 1 aliphatic heterocycles. The molecular formula is C20H38N3O+. The highest BCUT2D eigenvalue weighted by molar-refractivity contribution is 5.72. The second-order valence-electron chi connectivity index (χ2n) is 6.99. The molecule has 0 aliphatic carbocycles. The zero-order valence-corrected chi connectivity index (χ0v) is 16.1. The van der Waals surface area contributed by atoms with Crippen molar-refractivity contribution in [3.05, 3.63) is 12.2 Å². The number of quaternary nitrogens is 1. The molecule has 1 heterocycles. The topological polar surface area (TPSA) is 41.5 Å². The summed E-state index contributed by atoms with van der Waals surface area (Å²) in [4.78, 5) is 15.8. The van der Waals surface area contributed by atoms with Crippen LogP contribution in [-0.4, -0.2) is 48.9 Å². The van der Waals surface area contributed by atoms with Crippen LogP contribution in [0.1, 0.15) is 72.1 Å². The first-order valence-electron chi connectivity index (χ1n) is 9.91. The number of rotatable bonds is 13. The van der Waals surface area contributed by atoms with Crippen molar-refractivity contribution < 1.29 is 9.28 Å². The van der Waals surface area contributed by atoms with E-state index in [1.165, 1.54) is 38.5 Å². The molecular weight excluding hydrogens is 298 g/mol. The van der Waals surface area contributed by atoms with E-state index in [1.54, 1.807) is 6.92 Å². The van der Waals surface area contributed by atoms with Gasteiger partial charge in [-0.25, -0.2) is 4.99 Å². The number of aliphatic imine (C=N–C) groups is 1. The molecule has 0 saturated carbocycles. The number of unbranched alkanes of at least 4 members (excludes halogenated alkanes) is 5. The number of hydrogen-bond acceptors (Lipinski definition) is 2. The third-order valence-corrected chi connectivity index (χ3v) is 5.14. The largest absolute Gasteiger partial charge is 0.351 e. The second kappa shape index (κ2) is 12.2. The van der Waals surface area contributed by atoms with Crippen LogP contribution in [0.3, 0.4) is 0 Å². The van der Waals surface area contributed by atoms with E-state index >= 15 is 0 Å². The molecule has 138 valence electrons. The van der Waals surface area contributed by atoms with Crippen molar-refractivity contribution in [3.63, 3.8) is 0 Å². The second-order valence-corrected chi connectivity index (χ2v) is 6.99. The summed E-state index contributed by atoms with van der Waals surface area (Å²) in [6.07, 6.45) is 17.3. The minimum atomic E-state index is 0.0602. The first kappa shape index (κ1) is 20.9. The minimum Gasteiger partial charge on any atom is -0.351 e. The van der Waals surface area contributed by atoms with Gasteiger partial charge in [0, 0.05) is 13.3 Å². The summed E-state index contributed by atoms with van der Waals surface area (Å²) >= 11 is 0. The van der Waals surface area contributed by atoms with Gasteiger partial charge >= 0.3 is 0 Å². The van der Waals surface area contributed by atoms with E-state index in [1.807, 2.05) is 0 Å². The highest BCUT2D eigenvalue weighted by Gasteiger charge is 2.37. The summed E-state index contributed by atoms with van der Waals surface area (Å²) in [5.74, 6) is 0.0602. The van der Waals surface area contributed by atoms with Crippen LogP contribution in [-0.2, 0) is 4.79 Å². The van der Waals surface area contributed by atoms with E-state index in [-0.39, 0.29) is 5.91 Å². The first-order valence-corrected chi connectivity index (χ1v) is 9.91. The Morgan fingerprint density at radius 3 is 2.62 bits per heavy atom. The number of likely N-dealkylation sites (N-methyl/N-ethyl adjacent to an activating group) is 1. The number of hydrogen-bond donors (Lipinski definition) is 1. The third kappa shape index (κ3) is 7.61. The molecule has 2 atom stereocenters. The van der Waals surface area contributed by atoms with E-state index < -0.39 is 0 Å². The van der Waals surface area contributed by atoms with Gasteiger partial charge in [0.2, 0.25) is 5.91 Å². The fraction of sp³-hybridized carbons (Fsp3) is 0.800. The quantitative estimate of drug-likeness (QED) is 0.307. The third-order valence-electron chi connectivity index (χ3n) is 5.14. The average molecular weight is 337 g/mol. The summed E-state index contributed by atoms with van der Waals surface area (Å²) in [5.41, 5.74) is 0. The molecule has 0 aromatic carbocycles. The van der Waals surface area contributed by atoms with E-state index in [4.69, 9.17) is 4.99 Å². The van der Waals surface area contributed by atoms with Crippen LogP contribution in [0.5, 0.6) is 0 Å². The number of allylic oxidation sites excluding steroid dienone is 2. The standard InChI is InChI=1S/C20H37N3O/c1-4-6-7-8-9-10-11-12-13-14-20-22-16-18-23(20,5-2)17-15-21-19(3)24/h10-11,16,20H,4-9,12-15,17-18H2,1-3H3/p+1/b11-10+. The Hall–Kier alpha value is -1.16. The molecule has 0 aromatic rings. The molecule has 0 aromatic heterocycles. The van der Waals surface area contributed by atoms with Crippen molar-refractivity contribution in [3.8, 4) is 0 Å². The van der Waals surface area contributed by atoms with Gasteiger partial charge in [-0.15, -0.1) is 0 Å². The zero-order chi connectivity index (χ0) is 17.7. The van der Waals surface area contributed by atoms with Crippen molar-refractivity contribution in [1.82, 2.24) is 5.32 Å². The zero-order valence-electron chi connectivity index (χ0n) is 16.1. The Morgan fingerprint density at radius 1 is 1.21 bits per heavy atom. The molecule has 1 rings (SSSR count). The Labute approximate surface area is 149 Å². The molecule has 0 spiro atoms. The maximum atomic E-state index is 11.1. The first-order chi connectivity index (χ1) is 11.6. The van der Waals surface area contributed by atoms with E-state index in [2.05, 4.69) is 37.5 Å². The maximum Gasteiger partial charge on any atom is 0.217 e. The van der Waals surface area contributed by atoms with Crippen molar-refractivity contribution in [2.75, 3.05) is 26.2 Å². The van der Waals surface area contributed by atoms with Gasteiger partial charge in [0.1, 0.15) is 6.54 Å². The Balaban J connectivity index is 2.25. The number of nitrogens with one attached hydrogen (secondary N) is 1. The normalized spacial score (nSPS) is 23.2. The smallest absolute Gasteiger partial charge is 0.217 e. The average Bonchev–Trinajstić information content (AvgIpc) is 2.96. The summed E-state index contributed by atoms with van der Waals surface area (Å²) in [5, 5.41) is 2.94. The summed E-state index contributed by atoms with van der Waals surface area (Å²) in [6.45, 7) is 9.90. The van der Waals surface area contributed by atoms with E-state index in [0.29, 0.717) is 6.17 Å². The molecule has 1 aliphatic rings. The Kier molecular flexibility index (Phi) is 10.6. The molecule has 4 heteroatoms. The number of amides is 1. The summed E-state index contributed by atoms with van der Waals surface area (Å²) in [6, 6.07) is 0. The van der Waals surface area contributed by atoms with Crippen LogP contribution in [0, 0.1) is 0 Å². The maximum absolute atomic E-state index is 11.1. The number of carbonyl (C=O) groups excluding carboxylic acids is 1. The Morgan fingerprint density at radius 2 is 1.96 bits per heavy atom. The number of carbonyl (C=O) groups is 1. The number of nitrogens with zero attached hydrogens (tertiary/aromatic N) is 2. The molecule has 1 amide bonds. The van der Waals surface area contributed by atoms with Gasteiger partial charge < -0.3 is 5.32 Å². The lowest BCUT2D eigenvalue weighted by Gasteiger charge is -2.38. The van der Waals surface area contributed by atoms with Gasteiger partial charge in [-0.05, 0) is 32.6 Å². The predicted molar refractivity (Wildman–Crippen MR) is 103 cm³/mol. The van der Waals surface area contributed by atoms with Crippen LogP contribution in [0.2, 0.25) is 0 Å². The monoisotopic (exact) mass is 336 g/mol. The SMILES string of the molecule is CCCCCC/C=C/CCCC1N=CC[N+]1(CC)CCNC(C)=O. The Bertz CT molecular complexity index is 406. The molecule has 0 radical (unpaired) electrons. The molecule has 4 nitrogen and oxygen atoms in total. The van der Waals surface area contributed by atoms with Crippen LogP contribution in [0.15, 0.2) is 17.1 Å². The molecule has 0 bridgehead atoms. The van der Waals surface area contributed by atoms with Crippen molar-refractivity contribution in [1.29, 1.82) is 0 Å². The molecule has 0 saturated heterocycles. The fourth-order valence-electron chi connectivity index (χ4n) is 3.48. The molecule has 2 unspecified atom stereocenters. The molecule has 24 heavy (non-hydrogen) atoms. The van der Waals surface area contributed by atoms with Gasteiger partial charge in [-0.2, -0.15) is 0 Å². The van der Waals surface area contributed by atoms with Gasteiger partial charge in [0.15, 0.2) is 6.17 Å². The van der Waals surface area contributed by atoms with Crippen LogP contribution < -0.4 is 5.32 Å². The van der Waals surface area contributed by atoms with Crippen LogP contribution >= 0.6 is 0 Å². The lowest BCUT2D eigenvalue weighted by atomic mass is 10.1. The molecule has 1 N–H and O–H groups in total. The van der Waals surface area contributed by atoms with Gasteiger partial charge in [-0.1, -0.05) is 38.3 Å². The van der Waals surface area contributed by atoms with Crippen molar-refractivity contribution in [2.24, 2.45) is 4.99 Å². The lowest BCUT2D eigenvalue weighted by molar-refractivity contribution is -0.935. The minimum absolute atomic E-state index is 0.0602. The van der Waals surface area contributed by atoms with E-state index in [0.717, 1.165) is 43.5 Å². The van der Waals surface area contributed by atoms with Gasteiger partial charge in [-0.3, -0.25) is 9.28 Å². The van der Waals surface area contributed by atoms with Gasteiger partial charge in [0.25, 0.3) is 0 Å². The van der Waals surface area contributed by atoms with Crippen LogP contribution in [0.4, 0.5) is 0 Å². The van der Waals surface area contributed by atoms with Crippen LogP contribution in [0.25, 0.3) is 0 Å². The summed E-state index contributed by atoms with van der Waals surface area (Å²) < 4.78 is 1.00. The molecule has 0 fully saturated rings. The highest BCUT2D eigenvalue weighted by Crippen LogP contribution is 2.23. The van der Waals surface area contributed by atoms with Gasteiger partial charge in [0.05, 0.1) is 25.8 Å². The fourth-order valence-corrected chi connectivity index (χ4v) is 3.48. The van der Waals surface area contributed by atoms with E-state index in [9.17, 15) is 4.79 Å². The highest BCUT2D eigenvalue weighted by atomic mass is 16.1. The van der Waals surface area contributed by atoms with Crippen molar-refractivity contribution in [2.45, 2.75) is 78.3 Å². The van der Waals surface area contributed by atoms with Crippen molar-refractivity contribution >= 4 is 12.1 Å². The predicted octanol–water partition coefficient (Wildman–Crippen LogP) is 4.07.